The average Bonchev–Trinajstić information content (AvgIpc) is 2.84. The topological polar surface area (TPSA) is 64.6 Å². The summed E-state index contributed by atoms with van der Waals surface area (Å²) in [5.74, 6) is -17.1. The van der Waals surface area contributed by atoms with Gasteiger partial charge in [0.15, 0.2) is 5.60 Å². The number of carbonyl (C=O) groups is 2. The molecule has 0 saturated carbocycles. The summed E-state index contributed by atoms with van der Waals surface area (Å²) in [5.41, 5.74) is 2.24. The summed E-state index contributed by atoms with van der Waals surface area (Å²) in [7, 11) is -1.74. The predicted octanol–water partition coefficient (Wildman–Crippen LogP) is 7.68. The second kappa shape index (κ2) is 13.6. The van der Waals surface area contributed by atoms with Crippen LogP contribution in [0.5, 0.6) is 0 Å². The molecule has 1 N–H and O–H groups in total. The van der Waals surface area contributed by atoms with Crippen molar-refractivity contribution in [2.24, 2.45) is 0 Å². The Morgan fingerprint density at radius 2 is 1.43 bits per heavy atom. The molecule has 0 saturated heterocycles. The lowest BCUT2D eigenvalue weighted by atomic mass is 9.97. The van der Waals surface area contributed by atoms with E-state index in [1.807, 2.05) is 19.6 Å². The molecule has 0 aliphatic heterocycles. The second-order valence-electron chi connectivity index (χ2n) is 11.2. The highest BCUT2D eigenvalue weighted by Crippen LogP contribution is 2.54. The van der Waals surface area contributed by atoms with Gasteiger partial charge in [-0.3, -0.25) is 0 Å². The van der Waals surface area contributed by atoms with Crippen LogP contribution in [0.3, 0.4) is 0 Å². The van der Waals surface area contributed by atoms with Crippen molar-refractivity contribution in [1.29, 1.82) is 0 Å². The molecule has 0 aromatic heterocycles. The van der Waals surface area contributed by atoms with Crippen LogP contribution in [-0.2, 0) is 27.3 Å². The summed E-state index contributed by atoms with van der Waals surface area (Å²) in [6, 6.07) is 3.73. The van der Waals surface area contributed by atoms with Crippen molar-refractivity contribution in [1.82, 2.24) is 5.32 Å². The fourth-order valence-electron chi connectivity index (χ4n) is 3.22. The van der Waals surface area contributed by atoms with Gasteiger partial charge in [-0.15, -0.1) is 5.54 Å². The van der Waals surface area contributed by atoms with Gasteiger partial charge >= 0.3 is 36.0 Å². The Morgan fingerprint density at radius 3 is 1.90 bits per heavy atom. The van der Waals surface area contributed by atoms with Gasteiger partial charge in [0.2, 0.25) is 0 Å². The number of esters is 1. The van der Waals surface area contributed by atoms with Crippen molar-refractivity contribution in [3.63, 3.8) is 0 Å². The summed E-state index contributed by atoms with van der Waals surface area (Å²) in [4.78, 5) is 25.0. The minimum atomic E-state index is -6.93. The number of aryl methyl sites for hydroxylation is 1. The molecular formula is C27H34F9NO4Si. The van der Waals surface area contributed by atoms with E-state index < -0.39 is 68.6 Å². The van der Waals surface area contributed by atoms with Gasteiger partial charge in [0.05, 0.1) is 0 Å². The highest BCUT2D eigenvalue weighted by molar-refractivity contribution is 6.83. The molecule has 0 unspecified atom stereocenters. The van der Waals surface area contributed by atoms with Gasteiger partial charge in [-0.25, -0.2) is 9.59 Å². The van der Waals surface area contributed by atoms with E-state index in [1.165, 1.54) is 12.1 Å². The van der Waals surface area contributed by atoms with Crippen LogP contribution in [0.15, 0.2) is 24.3 Å². The fourth-order valence-corrected chi connectivity index (χ4v) is 3.90. The zero-order chi connectivity index (χ0) is 32.8. The van der Waals surface area contributed by atoms with Crippen molar-refractivity contribution in [2.45, 2.75) is 108 Å². The molecule has 0 bridgehead atoms. The number of hydrogen-bond acceptors (Lipinski definition) is 4. The molecule has 15 heteroatoms. The molecule has 1 aromatic rings. The van der Waals surface area contributed by atoms with E-state index in [-0.39, 0.29) is 18.6 Å². The number of alkyl carbamates (subject to hydrolysis) is 1. The Balaban J connectivity index is 2.76. The Labute approximate surface area is 239 Å². The van der Waals surface area contributed by atoms with Crippen molar-refractivity contribution in [3.8, 4) is 11.5 Å². The summed E-state index contributed by atoms with van der Waals surface area (Å²) < 4.78 is 128. The monoisotopic (exact) mass is 635 g/mol. The molecule has 238 valence electrons. The van der Waals surface area contributed by atoms with Crippen molar-refractivity contribution in [3.05, 3.63) is 35.4 Å². The highest BCUT2D eigenvalue weighted by atomic mass is 28.3. The quantitative estimate of drug-likeness (QED) is 0.111. The number of hydrogen-bond donors (Lipinski definition) is 1. The normalized spacial score (nSPS) is 14.0. The summed E-state index contributed by atoms with van der Waals surface area (Å²) >= 11 is 0. The van der Waals surface area contributed by atoms with Crippen molar-refractivity contribution < 1.29 is 58.6 Å². The number of alkyl halides is 9. The third-order valence-corrected chi connectivity index (χ3v) is 6.45. The molecule has 0 heterocycles. The molecule has 1 aromatic carbocycles. The smallest absolute Gasteiger partial charge is 0.445 e. The van der Waals surface area contributed by atoms with Crippen molar-refractivity contribution in [2.75, 3.05) is 0 Å². The zero-order valence-electron chi connectivity index (χ0n) is 24.0. The first-order chi connectivity index (χ1) is 18.9. The number of amides is 1. The standard InChI is InChI=1S/C27H34F9NO4Si/c1-7-8-20(21(38)41-23(2,3)15-16-42(4,5)6)37-22(39)40-17-19-11-9-18(10-12-19)13-14-24(28,29)25(30,31)26(32,33)27(34,35)36/h9-12,20H,7-8,13-14,17H2,1-6H3,(H,37,39)/t20-/m0/s1. The highest BCUT2D eigenvalue weighted by Gasteiger charge is 2.81. The molecule has 0 spiro atoms. The molecule has 0 fully saturated rings. The van der Waals surface area contributed by atoms with Gasteiger partial charge in [-0.2, -0.15) is 39.5 Å². The SMILES string of the molecule is CCC[C@H](NC(=O)OCc1ccc(CCC(F)(F)C(F)(F)C(F)(F)C(F)(F)F)cc1)C(=O)OC(C)(C)C#C[Si](C)(C)C. The predicted molar refractivity (Wildman–Crippen MR) is 139 cm³/mol. The van der Waals surface area contributed by atoms with Gasteiger partial charge < -0.3 is 14.8 Å². The lowest BCUT2D eigenvalue weighted by Gasteiger charge is -2.33. The molecule has 1 amide bonds. The number of rotatable bonds is 12. The first kappa shape index (κ1) is 37.1. The second-order valence-corrected chi connectivity index (χ2v) is 15.9. The summed E-state index contributed by atoms with van der Waals surface area (Å²) in [6.07, 6.45) is -10.0. The van der Waals surface area contributed by atoms with E-state index in [9.17, 15) is 49.1 Å². The van der Waals surface area contributed by atoms with Gasteiger partial charge in [0.1, 0.15) is 20.7 Å². The average molecular weight is 636 g/mol. The maximum Gasteiger partial charge on any atom is 0.460 e. The molecule has 0 aliphatic carbocycles. The van der Waals surface area contributed by atoms with Crippen LogP contribution in [-0.4, -0.2) is 55.7 Å². The Bertz CT molecular complexity index is 1140. The summed E-state index contributed by atoms with van der Waals surface area (Å²) in [5, 5.41) is 2.40. The number of nitrogens with one attached hydrogen (secondary N) is 1. The lowest BCUT2D eigenvalue weighted by Crippen LogP contribution is -2.60. The molecule has 0 radical (unpaired) electrons. The minimum Gasteiger partial charge on any atom is -0.445 e. The van der Waals surface area contributed by atoms with Crippen LogP contribution in [0, 0.1) is 11.5 Å². The van der Waals surface area contributed by atoms with Crippen molar-refractivity contribution >= 4 is 20.1 Å². The number of benzene rings is 1. The molecule has 5 nitrogen and oxygen atoms in total. The maximum absolute atomic E-state index is 13.8. The fraction of sp³-hybridized carbons (Fsp3) is 0.630. The molecule has 0 aliphatic rings. The summed E-state index contributed by atoms with van der Waals surface area (Å²) in [6.45, 7) is 10.7. The first-order valence-electron chi connectivity index (χ1n) is 12.8. The molecule has 1 rings (SSSR count). The third kappa shape index (κ3) is 10.4. The molecular weight excluding hydrogens is 601 g/mol. The van der Waals surface area contributed by atoms with Gasteiger partial charge in [0.25, 0.3) is 0 Å². The van der Waals surface area contributed by atoms with Crippen LogP contribution in [0.4, 0.5) is 44.3 Å². The lowest BCUT2D eigenvalue weighted by molar-refractivity contribution is -0.396. The van der Waals surface area contributed by atoms with E-state index in [2.05, 4.69) is 16.8 Å². The Kier molecular flexibility index (Phi) is 12.0. The largest absolute Gasteiger partial charge is 0.460 e. The number of halogens is 9. The zero-order valence-corrected chi connectivity index (χ0v) is 25.0. The van der Waals surface area contributed by atoms with Crippen LogP contribution in [0.2, 0.25) is 19.6 Å². The van der Waals surface area contributed by atoms with Crippen LogP contribution < -0.4 is 5.32 Å². The van der Waals surface area contributed by atoms with E-state index in [0.717, 1.165) is 12.1 Å². The number of ether oxygens (including phenoxy) is 2. The van der Waals surface area contributed by atoms with Crippen LogP contribution >= 0.6 is 0 Å². The Hall–Kier alpha value is -2.89. The maximum atomic E-state index is 13.8. The number of carbonyl (C=O) groups excluding carboxylic acids is 2. The van der Waals surface area contributed by atoms with Gasteiger partial charge in [0, 0.05) is 6.42 Å². The van der Waals surface area contributed by atoms with E-state index in [1.54, 1.807) is 20.8 Å². The van der Waals surface area contributed by atoms with E-state index >= 15 is 0 Å². The van der Waals surface area contributed by atoms with Crippen LogP contribution in [0.1, 0.15) is 51.2 Å². The van der Waals surface area contributed by atoms with Gasteiger partial charge in [-0.1, -0.05) is 63.2 Å². The molecule has 42 heavy (non-hydrogen) atoms. The van der Waals surface area contributed by atoms with E-state index in [4.69, 9.17) is 9.47 Å². The minimum absolute atomic E-state index is 0.0698. The van der Waals surface area contributed by atoms with E-state index in [0.29, 0.717) is 12.0 Å². The van der Waals surface area contributed by atoms with Gasteiger partial charge in [-0.05, 0) is 37.8 Å². The molecule has 1 atom stereocenters. The van der Waals surface area contributed by atoms with Crippen LogP contribution in [0.25, 0.3) is 0 Å². The Morgan fingerprint density at radius 1 is 0.905 bits per heavy atom. The first-order valence-corrected chi connectivity index (χ1v) is 16.3. The third-order valence-electron chi connectivity index (χ3n) is 5.58.